The standard InChI is InChI=1S/C13H14N2O2S/c1-17-12-5-9-10(6-11(12)16)14-7-8-3-2-4-15(8)13(9)18/h5-8,16H,2-4H2,1H3. The molecule has 1 atom stereocenters. The number of aliphatic imine (C=N–C) groups is 1. The van der Waals surface area contributed by atoms with Gasteiger partial charge < -0.3 is 14.7 Å². The summed E-state index contributed by atoms with van der Waals surface area (Å²) in [5, 5.41) is 9.79. The molecule has 0 aromatic heterocycles. The molecule has 3 rings (SSSR count). The maximum absolute atomic E-state index is 9.79. The second kappa shape index (κ2) is 4.24. The Labute approximate surface area is 111 Å². The molecule has 0 bridgehead atoms. The van der Waals surface area contributed by atoms with Gasteiger partial charge in [0, 0.05) is 24.4 Å². The van der Waals surface area contributed by atoms with Crippen molar-refractivity contribution in [2.75, 3.05) is 13.7 Å². The summed E-state index contributed by atoms with van der Waals surface area (Å²) >= 11 is 5.54. The Hall–Kier alpha value is -1.62. The summed E-state index contributed by atoms with van der Waals surface area (Å²) in [6.45, 7) is 0.970. The van der Waals surface area contributed by atoms with Gasteiger partial charge in [-0.15, -0.1) is 0 Å². The summed E-state index contributed by atoms with van der Waals surface area (Å²) < 4.78 is 5.13. The summed E-state index contributed by atoms with van der Waals surface area (Å²) in [5.74, 6) is 0.530. The molecule has 0 aliphatic carbocycles. The number of hydrogen-bond donors (Lipinski definition) is 1. The molecule has 2 heterocycles. The highest BCUT2D eigenvalue weighted by Gasteiger charge is 2.29. The number of fused-ring (bicyclic) bond motifs is 2. The minimum absolute atomic E-state index is 0.0956. The molecule has 4 nitrogen and oxygen atoms in total. The van der Waals surface area contributed by atoms with E-state index in [4.69, 9.17) is 17.0 Å². The van der Waals surface area contributed by atoms with Crippen molar-refractivity contribution < 1.29 is 9.84 Å². The Bertz CT molecular complexity index is 542. The smallest absolute Gasteiger partial charge is 0.161 e. The molecule has 0 amide bonds. The highest BCUT2D eigenvalue weighted by atomic mass is 32.1. The first kappa shape index (κ1) is 11.5. The van der Waals surface area contributed by atoms with Gasteiger partial charge >= 0.3 is 0 Å². The van der Waals surface area contributed by atoms with E-state index in [0.717, 1.165) is 29.9 Å². The first-order valence-corrected chi connectivity index (χ1v) is 6.37. The lowest BCUT2D eigenvalue weighted by Crippen LogP contribution is -2.34. The molecule has 1 aromatic rings. The first-order valence-electron chi connectivity index (χ1n) is 5.97. The largest absolute Gasteiger partial charge is 0.504 e. The van der Waals surface area contributed by atoms with Crippen LogP contribution in [0.2, 0.25) is 0 Å². The van der Waals surface area contributed by atoms with E-state index in [1.54, 1.807) is 12.1 Å². The van der Waals surface area contributed by atoms with Crippen LogP contribution in [0.25, 0.3) is 0 Å². The molecular weight excluding hydrogens is 248 g/mol. The van der Waals surface area contributed by atoms with Crippen molar-refractivity contribution in [1.82, 2.24) is 4.90 Å². The third kappa shape index (κ3) is 1.66. The van der Waals surface area contributed by atoms with Crippen LogP contribution < -0.4 is 4.74 Å². The van der Waals surface area contributed by atoms with E-state index in [1.165, 1.54) is 7.11 Å². The second-order valence-corrected chi connectivity index (χ2v) is 4.91. The average Bonchev–Trinajstić information content (AvgIpc) is 2.79. The van der Waals surface area contributed by atoms with Gasteiger partial charge in [-0.3, -0.25) is 4.99 Å². The van der Waals surface area contributed by atoms with E-state index in [-0.39, 0.29) is 11.8 Å². The Kier molecular flexibility index (Phi) is 2.70. The summed E-state index contributed by atoms with van der Waals surface area (Å²) in [4.78, 5) is 7.44. The summed E-state index contributed by atoms with van der Waals surface area (Å²) in [6.07, 6.45) is 4.15. The van der Waals surface area contributed by atoms with Crippen molar-refractivity contribution in [1.29, 1.82) is 0 Å². The van der Waals surface area contributed by atoms with Gasteiger partial charge in [-0.1, -0.05) is 12.2 Å². The Morgan fingerprint density at radius 1 is 1.50 bits per heavy atom. The van der Waals surface area contributed by atoms with Crippen LogP contribution in [0.5, 0.6) is 11.5 Å². The number of thiocarbonyl (C=S) groups is 1. The van der Waals surface area contributed by atoms with Crippen molar-refractivity contribution >= 4 is 29.1 Å². The molecule has 1 unspecified atom stereocenters. The highest BCUT2D eigenvalue weighted by molar-refractivity contribution is 7.80. The summed E-state index contributed by atoms with van der Waals surface area (Å²) in [6, 6.07) is 3.67. The zero-order chi connectivity index (χ0) is 12.7. The van der Waals surface area contributed by atoms with Gasteiger partial charge in [0.2, 0.25) is 0 Å². The van der Waals surface area contributed by atoms with E-state index >= 15 is 0 Å². The number of rotatable bonds is 1. The van der Waals surface area contributed by atoms with E-state index in [1.807, 2.05) is 6.21 Å². The normalized spacial score (nSPS) is 21.5. The van der Waals surface area contributed by atoms with Crippen LogP contribution in [-0.2, 0) is 0 Å². The zero-order valence-corrected chi connectivity index (χ0v) is 10.9. The number of benzene rings is 1. The highest BCUT2D eigenvalue weighted by Crippen LogP contribution is 2.37. The minimum Gasteiger partial charge on any atom is -0.504 e. The monoisotopic (exact) mass is 262 g/mol. The van der Waals surface area contributed by atoms with Crippen LogP contribution in [0.1, 0.15) is 18.4 Å². The van der Waals surface area contributed by atoms with Gasteiger partial charge in [-0.25, -0.2) is 0 Å². The predicted molar refractivity (Wildman–Crippen MR) is 74.2 cm³/mol. The van der Waals surface area contributed by atoms with Crippen molar-refractivity contribution in [3.8, 4) is 11.5 Å². The molecule has 1 aromatic carbocycles. The van der Waals surface area contributed by atoms with Crippen LogP contribution >= 0.6 is 12.2 Å². The molecule has 18 heavy (non-hydrogen) atoms. The maximum Gasteiger partial charge on any atom is 0.161 e. The van der Waals surface area contributed by atoms with Gasteiger partial charge in [0.15, 0.2) is 11.5 Å². The van der Waals surface area contributed by atoms with Crippen LogP contribution in [0.15, 0.2) is 17.1 Å². The zero-order valence-electron chi connectivity index (χ0n) is 10.1. The summed E-state index contributed by atoms with van der Waals surface area (Å²) in [5.41, 5.74) is 1.58. The van der Waals surface area contributed by atoms with Gasteiger partial charge in [0.25, 0.3) is 0 Å². The van der Waals surface area contributed by atoms with Crippen molar-refractivity contribution in [2.24, 2.45) is 4.99 Å². The fourth-order valence-corrected chi connectivity index (χ4v) is 2.91. The number of phenols is 1. The van der Waals surface area contributed by atoms with Crippen molar-refractivity contribution in [2.45, 2.75) is 18.9 Å². The molecule has 0 radical (unpaired) electrons. The fourth-order valence-electron chi connectivity index (χ4n) is 2.52. The average molecular weight is 262 g/mol. The molecule has 5 heteroatoms. The van der Waals surface area contributed by atoms with Crippen molar-refractivity contribution in [3.05, 3.63) is 17.7 Å². The molecule has 0 spiro atoms. The third-order valence-electron chi connectivity index (χ3n) is 3.47. The number of hydrogen-bond acceptors (Lipinski definition) is 4. The molecule has 1 N–H and O–H groups in total. The molecular formula is C13H14N2O2S. The SMILES string of the molecule is COc1cc2c(cc1O)N=CC1CCCN1C2=S. The van der Waals surface area contributed by atoms with Crippen LogP contribution in [0.3, 0.4) is 0 Å². The van der Waals surface area contributed by atoms with Gasteiger partial charge in [0.05, 0.1) is 18.8 Å². The van der Waals surface area contributed by atoms with E-state index in [2.05, 4.69) is 9.89 Å². The Morgan fingerprint density at radius 3 is 3.11 bits per heavy atom. The lowest BCUT2D eigenvalue weighted by molar-refractivity contribution is 0.373. The number of aromatic hydroxyl groups is 1. The maximum atomic E-state index is 9.79. The molecule has 2 aliphatic heterocycles. The van der Waals surface area contributed by atoms with Gasteiger partial charge in [-0.05, 0) is 18.9 Å². The number of methoxy groups -OCH3 is 1. The van der Waals surface area contributed by atoms with Crippen LogP contribution in [-0.4, -0.2) is 40.9 Å². The van der Waals surface area contributed by atoms with E-state index in [0.29, 0.717) is 11.4 Å². The molecule has 2 aliphatic rings. The van der Waals surface area contributed by atoms with E-state index < -0.39 is 0 Å². The van der Waals surface area contributed by atoms with Crippen LogP contribution in [0, 0.1) is 0 Å². The lowest BCUT2D eigenvalue weighted by atomic mass is 10.1. The molecule has 0 saturated carbocycles. The number of nitrogens with zero attached hydrogens (tertiary/aromatic N) is 2. The minimum atomic E-state index is 0.0956. The quantitative estimate of drug-likeness (QED) is 0.788. The fraction of sp³-hybridized carbons (Fsp3) is 0.385. The van der Waals surface area contributed by atoms with E-state index in [9.17, 15) is 5.11 Å². The van der Waals surface area contributed by atoms with Gasteiger partial charge in [0.1, 0.15) is 4.99 Å². The summed E-state index contributed by atoms with van der Waals surface area (Å²) in [7, 11) is 1.53. The van der Waals surface area contributed by atoms with Crippen LogP contribution in [0.4, 0.5) is 5.69 Å². The molecule has 1 saturated heterocycles. The Balaban J connectivity index is 2.12. The van der Waals surface area contributed by atoms with Gasteiger partial charge in [-0.2, -0.15) is 0 Å². The number of phenolic OH excluding ortho intramolecular Hbond substituents is 1. The topological polar surface area (TPSA) is 45.1 Å². The molecule has 94 valence electrons. The second-order valence-electron chi connectivity index (χ2n) is 4.53. The Morgan fingerprint density at radius 2 is 2.33 bits per heavy atom. The first-order chi connectivity index (χ1) is 8.70. The third-order valence-corrected chi connectivity index (χ3v) is 3.93. The molecule has 1 fully saturated rings. The number of ether oxygens (including phenoxy) is 1. The predicted octanol–water partition coefficient (Wildman–Crippen LogP) is 2.26. The lowest BCUT2D eigenvalue weighted by Gasteiger charge is -2.23. The van der Waals surface area contributed by atoms with Crippen molar-refractivity contribution in [3.63, 3.8) is 0 Å².